The van der Waals surface area contributed by atoms with Crippen molar-refractivity contribution in [1.82, 2.24) is 4.98 Å². The van der Waals surface area contributed by atoms with Crippen LogP contribution in [0.25, 0.3) is 0 Å². The topological polar surface area (TPSA) is 87.5 Å². The molecule has 5 heteroatoms. The lowest BCUT2D eigenvalue weighted by Crippen LogP contribution is -2.04. The van der Waals surface area contributed by atoms with Crippen LogP contribution in [0.5, 0.6) is 5.75 Å². The SMILES string of the molecule is Cc1ncc(C(=O)O)c(C=O)c1O. The van der Waals surface area contributed by atoms with Gasteiger partial charge in [0.15, 0.2) is 6.29 Å². The second-order valence-electron chi connectivity index (χ2n) is 2.44. The lowest BCUT2D eigenvalue weighted by molar-refractivity contribution is 0.0693. The van der Waals surface area contributed by atoms with Crippen LogP contribution in [0, 0.1) is 6.92 Å². The molecule has 13 heavy (non-hydrogen) atoms. The van der Waals surface area contributed by atoms with Gasteiger partial charge in [-0.05, 0) is 6.92 Å². The molecule has 1 aromatic rings. The Bertz CT molecular complexity index is 373. The average Bonchev–Trinajstić information content (AvgIpc) is 2.09. The summed E-state index contributed by atoms with van der Waals surface area (Å²) in [5.41, 5.74) is -0.301. The number of carboxylic acids is 1. The largest absolute Gasteiger partial charge is 0.505 e. The number of rotatable bonds is 2. The summed E-state index contributed by atoms with van der Waals surface area (Å²) in [5.74, 6) is -1.67. The van der Waals surface area contributed by atoms with Gasteiger partial charge in [-0.15, -0.1) is 0 Å². The second kappa shape index (κ2) is 3.22. The van der Waals surface area contributed by atoms with Crippen molar-refractivity contribution in [2.45, 2.75) is 6.92 Å². The normalized spacial score (nSPS) is 9.62. The predicted octanol–water partition coefficient (Wildman–Crippen LogP) is 0.606. The fraction of sp³-hybridized carbons (Fsp3) is 0.125. The standard InChI is InChI=1S/C8H7NO4/c1-4-7(11)6(3-10)5(2-9-4)8(12)13/h2-3,11H,1H3,(H,12,13). The van der Waals surface area contributed by atoms with Gasteiger partial charge in [-0.25, -0.2) is 4.79 Å². The van der Waals surface area contributed by atoms with Crippen LogP contribution >= 0.6 is 0 Å². The summed E-state index contributed by atoms with van der Waals surface area (Å²) in [4.78, 5) is 24.6. The van der Waals surface area contributed by atoms with Gasteiger partial charge in [0.2, 0.25) is 0 Å². The second-order valence-corrected chi connectivity index (χ2v) is 2.44. The van der Waals surface area contributed by atoms with E-state index in [0.717, 1.165) is 6.20 Å². The first-order valence-electron chi connectivity index (χ1n) is 3.45. The van der Waals surface area contributed by atoms with E-state index >= 15 is 0 Å². The van der Waals surface area contributed by atoms with Crippen molar-refractivity contribution in [3.63, 3.8) is 0 Å². The third-order valence-corrected chi connectivity index (χ3v) is 1.62. The van der Waals surface area contributed by atoms with Gasteiger partial charge in [-0.2, -0.15) is 0 Å². The molecule has 0 amide bonds. The van der Waals surface area contributed by atoms with Crippen molar-refractivity contribution in [2.24, 2.45) is 0 Å². The van der Waals surface area contributed by atoms with Gasteiger partial charge in [0.05, 0.1) is 16.8 Å². The van der Waals surface area contributed by atoms with Crippen LogP contribution in [0.1, 0.15) is 26.4 Å². The molecule has 0 aromatic carbocycles. The zero-order chi connectivity index (χ0) is 10.0. The number of aldehydes is 1. The van der Waals surface area contributed by atoms with E-state index in [-0.39, 0.29) is 22.6 Å². The smallest absolute Gasteiger partial charge is 0.338 e. The maximum Gasteiger partial charge on any atom is 0.338 e. The van der Waals surface area contributed by atoms with Gasteiger partial charge in [0.1, 0.15) is 5.75 Å². The van der Waals surface area contributed by atoms with Gasteiger partial charge in [0.25, 0.3) is 0 Å². The molecule has 0 aliphatic rings. The molecule has 0 aliphatic heterocycles. The highest BCUT2D eigenvalue weighted by atomic mass is 16.4. The first-order valence-corrected chi connectivity index (χ1v) is 3.45. The molecule has 0 spiro atoms. The number of aromatic nitrogens is 1. The minimum absolute atomic E-state index is 0.229. The fourth-order valence-corrected chi connectivity index (χ4v) is 0.904. The Kier molecular flexibility index (Phi) is 2.27. The molecule has 0 unspecified atom stereocenters. The summed E-state index contributed by atoms with van der Waals surface area (Å²) in [5, 5.41) is 17.9. The summed E-state index contributed by atoms with van der Waals surface area (Å²) in [6, 6.07) is 0. The number of carbonyl (C=O) groups is 2. The molecule has 0 aliphatic carbocycles. The lowest BCUT2D eigenvalue weighted by atomic mass is 10.1. The maximum atomic E-state index is 10.5. The zero-order valence-electron chi connectivity index (χ0n) is 6.81. The van der Waals surface area contributed by atoms with E-state index in [4.69, 9.17) is 5.11 Å². The Morgan fingerprint density at radius 1 is 1.62 bits per heavy atom. The van der Waals surface area contributed by atoms with Crippen molar-refractivity contribution in [2.75, 3.05) is 0 Å². The molecular weight excluding hydrogens is 174 g/mol. The van der Waals surface area contributed by atoms with Gasteiger partial charge in [0, 0.05) is 6.20 Å². The Balaban J connectivity index is 3.47. The number of aryl methyl sites for hydroxylation is 1. The van der Waals surface area contributed by atoms with Crippen LogP contribution in [0.3, 0.4) is 0 Å². The van der Waals surface area contributed by atoms with E-state index in [1.807, 2.05) is 0 Å². The minimum atomic E-state index is -1.29. The van der Waals surface area contributed by atoms with E-state index in [0.29, 0.717) is 6.29 Å². The number of carbonyl (C=O) groups excluding carboxylic acids is 1. The summed E-state index contributed by atoms with van der Waals surface area (Å²) in [6.07, 6.45) is 1.34. The van der Waals surface area contributed by atoms with Crippen LogP contribution in [-0.2, 0) is 0 Å². The molecule has 1 rings (SSSR count). The summed E-state index contributed by atoms with van der Waals surface area (Å²) >= 11 is 0. The van der Waals surface area contributed by atoms with Crippen LogP contribution < -0.4 is 0 Å². The quantitative estimate of drug-likeness (QED) is 0.652. The molecule has 0 bridgehead atoms. The highest BCUT2D eigenvalue weighted by molar-refractivity contribution is 5.98. The van der Waals surface area contributed by atoms with Crippen LogP contribution in [0.2, 0.25) is 0 Å². The van der Waals surface area contributed by atoms with Gasteiger partial charge < -0.3 is 10.2 Å². The van der Waals surface area contributed by atoms with Crippen LogP contribution in [0.4, 0.5) is 0 Å². The molecule has 0 saturated heterocycles. The highest BCUT2D eigenvalue weighted by Gasteiger charge is 2.15. The number of hydrogen-bond acceptors (Lipinski definition) is 4. The number of nitrogens with zero attached hydrogens (tertiary/aromatic N) is 1. The first-order chi connectivity index (χ1) is 6.07. The molecule has 0 radical (unpaired) electrons. The first kappa shape index (κ1) is 9.18. The van der Waals surface area contributed by atoms with Crippen LogP contribution in [-0.4, -0.2) is 27.5 Å². The fourth-order valence-electron chi connectivity index (χ4n) is 0.904. The molecule has 0 atom stereocenters. The number of pyridine rings is 1. The third-order valence-electron chi connectivity index (χ3n) is 1.62. The molecule has 0 saturated carbocycles. The Morgan fingerprint density at radius 2 is 2.23 bits per heavy atom. The number of aromatic carboxylic acids is 1. The molecule has 0 fully saturated rings. The highest BCUT2D eigenvalue weighted by Crippen LogP contribution is 2.21. The summed E-state index contributed by atoms with van der Waals surface area (Å²) < 4.78 is 0. The Morgan fingerprint density at radius 3 is 2.69 bits per heavy atom. The number of aromatic hydroxyl groups is 1. The average molecular weight is 181 g/mol. The van der Waals surface area contributed by atoms with Crippen molar-refractivity contribution in [1.29, 1.82) is 0 Å². The molecule has 1 aromatic heterocycles. The van der Waals surface area contributed by atoms with E-state index in [9.17, 15) is 14.7 Å². The molecule has 1 heterocycles. The van der Waals surface area contributed by atoms with E-state index in [1.165, 1.54) is 6.92 Å². The van der Waals surface area contributed by atoms with E-state index < -0.39 is 5.97 Å². The van der Waals surface area contributed by atoms with Crippen molar-refractivity contribution < 1.29 is 19.8 Å². The molecule has 2 N–H and O–H groups in total. The lowest BCUT2D eigenvalue weighted by Gasteiger charge is -2.03. The van der Waals surface area contributed by atoms with Crippen molar-refractivity contribution >= 4 is 12.3 Å². The zero-order valence-corrected chi connectivity index (χ0v) is 6.81. The third kappa shape index (κ3) is 1.48. The maximum absolute atomic E-state index is 10.5. The monoisotopic (exact) mass is 181 g/mol. The molecule has 5 nitrogen and oxygen atoms in total. The number of hydrogen-bond donors (Lipinski definition) is 2. The van der Waals surface area contributed by atoms with Crippen molar-refractivity contribution in [3.8, 4) is 5.75 Å². The van der Waals surface area contributed by atoms with Gasteiger partial charge in [-0.3, -0.25) is 9.78 Å². The van der Waals surface area contributed by atoms with E-state index in [2.05, 4.69) is 4.98 Å². The number of carboxylic acid groups (broad SMARTS) is 1. The summed E-state index contributed by atoms with van der Waals surface area (Å²) in [7, 11) is 0. The summed E-state index contributed by atoms with van der Waals surface area (Å²) in [6.45, 7) is 1.48. The van der Waals surface area contributed by atoms with Gasteiger partial charge in [-0.1, -0.05) is 0 Å². The van der Waals surface area contributed by atoms with Crippen LogP contribution in [0.15, 0.2) is 6.20 Å². The predicted molar refractivity (Wildman–Crippen MR) is 43.0 cm³/mol. The minimum Gasteiger partial charge on any atom is -0.505 e. The van der Waals surface area contributed by atoms with Gasteiger partial charge >= 0.3 is 5.97 Å². The Hall–Kier alpha value is -1.91. The molecular formula is C8H7NO4. The van der Waals surface area contributed by atoms with Crippen molar-refractivity contribution in [3.05, 3.63) is 23.0 Å². The molecule has 68 valence electrons. The van der Waals surface area contributed by atoms with E-state index in [1.54, 1.807) is 0 Å². The Labute approximate surface area is 73.7 Å².